The van der Waals surface area contributed by atoms with E-state index in [1.807, 2.05) is 6.20 Å². The summed E-state index contributed by atoms with van der Waals surface area (Å²) in [5.74, 6) is 0.780. The highest BCUT2D eigenvalue weighted by Gasteiger charge is 1.95. The van der Waals surface area contributed by atoms with Gasteiger partial charge in [-0.25, -0.2) is 9.67 Å². The molecule has 1 aromatic rings. The maximum atomic E-state index is 4.03. The predicted octanol–water partition coefficient (Wildman–Crippen LogP) is 2.19. The fraction of sp³-hybridized carbons (Fsp3) is 0.333. The minimum Gasteiger partial charge on any atom is -0.221 e. The number of hydrogen-bond donors (Lipinski definition) is 0. The van der Waals surface area contributed by atoms with E-state index in [1.54, 1.807) is 10.8 Å². The summed E-state index contributed by atoms with van der Waals surface area (Å²) in [6.07, 6.45) is 6.20. The minimum absolute atomic E-state index is 0.780. The smallest absolute Gasteiger partial charge is 0.154 e. The molecule has 3 nitrogen and oxygen atoms in total. The van der Waals surface area contributed by atoms with E-state index in [-0.39, 0.29) is 0 Å². The summed E-state index contributed by atoms with van der Waals surface area (Å²) in [5.41, 5.74) is 1.27. The first-order valence-corrected chi connectivity index (χ1v) is 3.97. The Morgan fingerprint density at radius 3 is 3.08 bits per heavy atom. The largest absolute Gasteiger partial charge is 0.221 e. The minimum atomic E-state index is 0.780. The van der Waals surface area contributed by atoms with Crippen LogP contribution in [-0.2, 0) is 0 Å². The van der Waals surface area contributed by atoms with Gasteiger partial charge in [0.2, 0.25) is 0 Å². The van der Waals surface area contributed by atoms with E-state index in [4.69, 9.17) is 0 Å². The van der Waals surface area contributed by atoms with Gasteiger partial charge in [0.1, 0.15) is 6.33 Å². The third-order valence-electron chi connectivity index (χ3n) is 1.68. The van der Waals surface area contributed by atoms with E-state index in [9.17, 15) is 0 Å². The van der Waals surface area contributed by atoms with Crippen molar-refractivity contribution in [1.82, 2.24) is 14.8 Å². The molecule has 0 fully saturated rings. The van der Waals surface area contributed by atoms with Crippen LogP contribution in [0.15, 0.2) is 18.5 Å². The number of rotatable bonds is 3. The van der Waals surface area contributed by atoms with E-state index in [0.717, 1.165) is 12.2 Å². The second kappa shape index (κ2) is 3.85. The predicted molar refractivity (Wildman–Crippen MR) is 50.4 cm³/mol. The fourth-order valence-corrected chi connectivity index (χ4v) is 0.805. The number of hydrogen-bond acceptors (Lipinski definition) is 2. The second-order valence-corrected chi connectivity index (χ2v) is 2.60. The average molecular weight is 163 g/mol. The molecule has 64 valence electrons. The summed E-state index contributed by atoms with van der Waals surface area (Å²) in [5, 5.41) is 4.03. The zero-order valence-electron chi connectivity index (χ0n) is 7.49. The molecule has 1 aromatic heterocycles. The zero-order valence-corrected chi connectivity index (χ0v) is 7.49. The number of aromatic nitrogens is 3. The molecule has 0 N–H and O–H groups in total. The van der Waals surface area contributed by atoms with Gasteiger partial charge < -0.3 is 0 Å². The Morgan fingerprint density at radius 1 is 1.75 bits per heavy atom. The molecule has 0 spiro atoms. The molecule has 1 heterocycles. The summed E-state index contributed by atoms with van der Waals surface area (Å²) in [6, 6.07) is 0. The Morgan fingerprint density at radius 2 is 2.50 bits per heavy atom. The van der Waals surface area contributed by atoms with Gasteiger partial charge in [-0.2, -0.15) is 5.10 Å². The lowest BCUT2D eigenvalue weighted by atomic mass is 10.3. The van der Waals surface area contributed by atoms with Crippen molar-refractivity contribution in [3.63, 3.8) is 0 Å². The lowest BCUT2D eigenvalue weighted by molar-refractivity contribution is 0.906. The van der Waals surface area contributed by atoms with Crippen molar-refractivity contribution in [1.29, 1.82) is 0 Å². The second-order valence-electron chi connectivity index (χ2n) is 2.60. The van der Waals surface area contributed by atoms with Gasteiger partial charge in [0, 0.05) is 6.20 Å². The van der Waals surface area contributed by atoms with E-state index in [1.165, 1.54) is 11.9 Å². The van der Waals surface area contributed by atoms with Crippen LogP contribution in [0.4, 0.5) is 0 Å². The molecule has 0 aromatic carbocycles. The van der Waals surface area contributed by atoms with Crippen LogP contribution in [-0.4, -0.2) is 14.8 Å². The molecule has 0 saturated heterocycles. The SMILES string of the molecule is C=Cc1ncnn1/C=C(/C)CC. The average Bonchev–Trinajstić information content (AvgIpc) is 2.51. The highest BCUT2D eigenvalue weighted by molar-refractivity contribution is 5.41. The topological polar surface area (TPSA) is 30.7 Å². The third-order valence-corrected chi connectivity index (χ3v) is 1.68. The summed E-state index contributed by atoms with van der Waals surface area (Å²) in [7, 11) is 0. The Balaban J connectivity index is 2.95. The Bertz CT molecular complexity index is 296. The van der Waals surface area contributed by atoms with E-state index in [0.29, 0.717) is 0 Å². The van der Waals surface area contributed by atoms with E-state index >= 15 is 0 Å². The Labute approximate surface area is 72.4 Å². The van der Waals surface area contributed by atoms with Crippen LogP contribution in [0.25, 0.3) is 12.3 Å². The number of allylic oxidation sites excluding steroid dienone is 1. The summed E-state index contributed by atoms with van der Waals surface area (Å²) < 4.78 is 1.73. The van der Waals surface area contributed by atoms with Gasteiger partial charge in [-0.3, -0.25) is 0 Å². The van der Waals surface area contributed by atoms with Gasteiger partial charge in [-0.15, -0.1) is 0 Å². The van der Waals surface area contributed by atoms with Gasteiger partial charge >= 0.3 is 0 Å². The summed E-state index contributed by atoms with van der Waals surface area (Å²) >= 11 is 0. The van der Waals surface area contributed by atoms with Gasteiger partial charge in [0.25, 0.3) is 0 Å². The molecule has 1 rings (SSSR count). The van der Waals surface area contributed by atoms with Crippen molar-refractivity contribution >= 4 is 12.3 Å². The van der Waals surface area contributed by atoms with Crippen molar-refractivity contribution in [2.24, 2.45) is 0 Å². The van der Waals surface area contributed by atoms with Crippen molar-refractivity contribution < 1.29 is 0 Å². The fourth-order valence-electron chi connectivity index (χ4n) is 0.805. The summed E-state index contributed by atoms with van der Waals surface area (Å²) in [6.45, 7) is 7.82. The van der Waals surface area contributed by atoms with Crippen LogP contribution in [0.2, 0.25) is 0 Å². The molecule has 0 radical (unpaired) electrons. The first-order chi connectivity index (χ1) is 5.77. The van der Waals surface area contributed by atoms with Gasteiger partial charge in [-0.1, -0.05) is 19.1 Å². The lowest BCUT2D eigenvalue weighted by Crippen LogP contribution is -1.93. The maximum absolute atomic E-state index is 4.03. The quantitative estimate of drug-likeness (QED) is 0.683. The van der Waals surface area contributed by atoms with Gasteiger partial charge in [0.05, 0.1) is 0 Å². The first-order valence-electron chi connectivity index (χ1n) is 3.97. The highest BCUT2D eigenvalue weighted by Crippen LogP contribution is 2.03. The van der Waals surface area contributed by atoms with Crippen LogP contribution in [0.1, 0.15) is 26.1 Å². The maximum Gasteiger partial charge on any atom is 0.154 e. The van der Waals surface area contributed by atoms with Crippen LogP contribution in [0, 0.1) is 0 Å². The van der Waals surface area contributed by atoms with E-state index < -0.39 is 0 Å². The van der Waals surface area contributed by atoms with Crippen LogP contribution in [0.3, 0.4) is 0 Å². The van der Waals surface area contributed by atoms with Crippen LogP contribution >= 0.6 is 0 Å². The molecule has 0 aliphatic rings. The monoisotopic (exact) mass is 163 g/mol. The van der Waals surface area contributed by atoms with Crippen molar-refractivity contribution in [2.45, 2.75) is 20.3 Å². The van der Waals surface area contributed by atoms with E-state index in [2.05, 4.69) is 30.5 Å². The van der Waals surface area contributed by atoms with Crippen molar-refractivity contribution in [3.05, 3.63) is 24.3 Å². The first kappa shape index (κ1) is 8.71. The lowest BCUT2D eigenvalue weighted by Gasteiger charge is -1.97. The molecule has 3 heteroatoms. The molecule has 0 aliphatic carbocycles. The molecular weight excluding hydrogens is 150 g/mol. The number of nitrogens with zero attached hydrogens (tertiary/aromatic N) is 3. The van der Waals surface area contributed by atoms with Crippen molar-refractivity contribution in [3.8, 4) is 0 Å². The normalized spacial score (nSPS) is 11.7. The zero-order chi connectivity index (χ0) is 8.97. The molecule has 0 unspecified atom stereocenters. The molecule has 0 amide bonds. The molecule has 0 bridgehead atoms. The Hall–Kier alpha value is -1.38. The Kier molecular flexibility index (Phi) is 2.80. The summed E-state index contributed by atoms with van der Waals surface area (Å²) in [4.78, 5) is 4.01. The third kappa shape index (κ3) is 1.81. The highest BCUT2D eigenvalue weighted by atomic mass is 15.3. The molecule has 0 atom stereocenters. The van der Waals surface area contributed by atoms with Crippen LogP contribution in [0.5, 0.6) is 0 Å². The van der Waals surface area contributed by atoms with Gasteiger partial charge in [0.15, 0.2) is 5.82 Å². The molecule has 0 saturated carbocycles. The van der Waals surface area contributed by atoms with Gasteiger partial charge in [-0.05, 0) is 19.4 Å². The van der Waals surface area contributed by atoms with Crippen LogP contribution < -0.4 is 0 Å². The molecular formula is C9H13N3. The standard InChI is InChI=1S/C9H13N3/c1-4-8(3)6-12-9(5-2)10-7-11-12/h5-7H,2,4H2,1,3H3/b8-6-. The molecule has 0 aliphatic heterocycles. The van der Waals surface area contributed by atoms with Crippen molar-refractivity contribution in [2.75, 3.05) is 0 Å². The molecule has 12 heavy (non-hydrogen) atoms.